The predicted octanol–water partition coefficient (Wildman–Crippen LogP) is 1.22. The molecule has 0 aromatic carbocycles. The average Bonchev–Trinajstić information content (AvgIpc) is 2.01. The van der Waals surface area contributed by atoms with Crippen molar-refractivity contribution in [2.24, 2.45) is 0 Å². The molecule has 0 aliphatic heterocycles. The Kier molecular flexibility index (Phi) is 7.60. The van der Waals surface area contributed by atoms with E-state index < -0.39 is 16.1 Å². The van der Waals surface area contributed by atoms with Crippen molar-refractivity contribution < 1.29 is 22.9 Å². The third kappa shape index (κ3) is 22.4. The van der Waals surface area contributed by atoms with Gasteiger partial charge in [-0.15, -0.1) is 0 Å². The van der Waals surface area contributed by atoms with Crippen LogP contribution >= 0.6 is 0 Å². The van der Waals surface area contributed by atoms with Crippen LogP contribution in [0.2, 0.25) is 0 Å². The number of allylic oxidation sites excluding steroid dienone is 2. The molecule has 0 aliphatic carbocycles. The van der Waals surface area contributed by atoms with E-state index in [1.54, 1.807) is 6.92 Å². The number of hydrogen-bond acceptors (Lipinski definition) is 3. The predicted molar refractivity (Wildman–Crippen MR) is 53.3 cm³/mol. The van der Waals surface area contributed by atoms with Crippen molar-refractivity contribution in [3.05, 3.63) is 36.3 Å². The van der Waals surface area contributed by atoms with Crippen molar-refractivity contribution in [3.8, 4) is 0 Å². The van der Waals surface area contributed by atoms with Gasteiger partial charge < -0.3 is 5.11 Å². The van der Waals surface area contributed by atoms with Gasteiger partial charge >= 0.3 is 5.97 Å². The van der Waals surface area contributed by atoms with Crippen molar-refractivity contribution in [2.45, 2.75) is 6.92 Å². The van der Waals surface area contributed by atoms with Crippen LogP contribution in [0.15, 0.2) is 36.3 Å². The SMILES string of the molecule is C=C(C)C=CS(=O)(=O)O.C=CC(=O)O. The maximum Gasteiger partial charge on any atom is 0.327 e. The summed E-state index contributed by atoms with van der Waals surface area (Å²) in [5.74, 6) is -0.981. The fraction of sp³-hybridized carbons (Fsp3) is 0.125. The van der Waals surface area contributed by atoms with Crippen LogP contribution < -0.4 is 0 Å². The van der Waals surface area contributed by atoms with Gasteiger partial charge in [-0.2, -0.15) is 8.42 Å². The molecule has 2 N–H and O–H groups in total. The van der Waals surface area contributed by atoms with Crippen molar-refractivity contribution in [1.82, 2.24) is 0 Å². The lowest BCUT2D eigenvalue weighted by Gasteiger charge is -1.83. The standard InChI is InChI=1S/C5H8O3S.C3H4O2/c1-5(2)3-4-9(6,7)8;1-2-3(4)5/h3-4H,1H2,2H3,(H,6,7,8);2H,1H2,(H,4,5). The molecule has 0 heterocycles. The summed E-state index contributed by atoms with van der Waals surface area (Å²) in [7, 11) is -3.96. The van der Waals surface area contributed by atoms with Gasteiger partial charge in [-0.25, -0.2) is 4.79 Å². The molecule has 6 heteroatoms. The van der Waals surface area contributed by atoms with Crippen LogP contribution in [0.5, 0.6) is 0 Å². The molecule has 0 aromatic rings. The Morgan fingerprint density at radius 2 is 1.79 bits per heavy atom. The lowest BCUT2D eigenvalue weighted by molar-refractivity contribution is -0.131. The zero-order valence-electron chi connectivity index (χ0n) is 7.67. The summed E-state index contributed by atoms with van der Waals surface area (Å²) in [4.78, 5) is 9.25. The van der Waals surface area contributed by atoms with Gasteiger partial charge in [0.1, 0.15) is 0 Å². The van der Waals surface area contributed by atoms with E-state index in [1.807, 2.05) is 0 Å². The normalized spacial score (nSPS) is 10.1. The lowest BCUT2D eigenvalue weighted by Crippen LogP contribution is -1.88. The minimum atomic E-state index is -3.96. The van der Waals surface area contributed by atoms with Crippen molar-refractivity contribution in [1.29, 1.82) is 0 Å². The van der Waals surface area contributed by atoms with Gasteiger partial charge in [0.2, 0.25) is 0 Å². The molecule has 14 heavy (non-hydrogen) atoms. The molecule has 0 aromatic heterocycles. The van der Waals surface area contributed by atoms with E-state index in [4.69, 9.17) is 9.66 Å². The molecule has 0 radical (unpaired) electrons. The fourth-order valence-corrected chi connectivity index (χ4v) is 0.606. The fourth-order valence-electron chi connectivity index (χ4n) is 0.202. The topological polar surface area (TPSA) is 91.7 Å². The van der Waals surface area contributed by atoms with Crippen LogP contribution in [-0.2, 0) is 14.9 Å². The first-order valence-corrected chi connectivity index (χ1v) is 4.86. The van der Waals surface area contributed by atoms with E-state index in [0.717, 1.165) is 6.08 Å². The highest BCUT2D eigenvalue weighted by Crippen LogP contribution is 1.92. The highest BCUT2D eigenvalue weighted by molar-refractivity contribution is 7.88. The van der Waals surface area contributed by atoms with Gasteiger partial charge in [0.25, 0.3) is 10.1 Å². The molecule has 0 bridgehead atoms. The minimum absolute atomic E-state index is 0.577. The Morgan fingerprint density at radius 1 is 1.43 bits per heavy atom. The summed E-state index contributed by atoms with van der Waals surface area (Å²) >= 11 is 0. The van der Waals surface area contributed by atoms with E-state index in [0.29, 0.717) is 11.0 Å². The Bertz CT molecular complexity index is 337. The summed E-state index contributed by atoms with van der Waals surface area (Å²) in [6.45, 7) is 7.98. The summed E-state index contributed by atoms with van der Waals surface area (Å²) < 4.78 is 28.0. The average molecular weight is 220 g/mol. The van der Waals surface area contributed by atoms with Crippen LogP contribution in [0.3, 0.4) is 0 Å². The highest BCUT2D eigenvalue weighted by Gasteiger charge is 1.92. The molecule has 80 valence electrons. The monoisotopic (exact) mass is 220 g/mol. The van der Waals surface area contributed by atoms with Gasteiger partial charge in [-0.1, -0.05) is 18.7 Å². The Balaban J connectivity index is 0. The molecule has 0 spiro atoms. The van der Waals surface area contributed by atoms with Crippen molar-refractivity contribution >= 4 is 16.1 Å². The number of aliphatic carboxylic acids is 1. The smallest absolute Gasteiger partial charge is 0.327 e. The number of carboxylic acids is 1. The van der Waals surface area contributed by atoms with Crippen LogP contribution in [0.4, 0.5) is 0 Å². The molecule has 0 aliphatic rings. The summed E-state index contributed by atoms with van der Waals surface area (Å²) in [5, 5.41) is 8.29. The molecule has 5 nitrogen and oxygen atoms in total. The molecular formula is C8H12O5S. The molecule has 0 amide bonds. The summed E-state index contributed by atoms with van der Waals surface area (Å²) in [6, 6.07) is 0. The molecule has 0 atom stereocenters. The third-order valence-corrected chi connectivity index (χ3v) is 1.18. The lowest BCUT2D eigenvalue weighted by atomic mass is 10.4. The largest absolute Gasteiger partial charge is 0.478 e. The molecule has 0 rings (SSSR count). The summed E-state index contributed by atoms with van der Waals surface area (Å²) in [5.41, 5.74) is 0.577. The van der Waals surface area contributed by atoms with E-state index in [2.05, 4.69) is 13.2 Å². The second kappa shape index (κ2) is 7.05. The first-order valence-electron chi connectivity index (χ1n) is 3.35. The van der Waals surface area contributed by atoms with Crippen LogP contribution in [0.1, 0.15) is 6.92 Å². The first-order chi connectivity index (χ1) is 6.19. The number of carboxylic acid groups (broad SMARTS) is 1. The van der Waals surface area contributed by atoms with Gasteiger partial charge in [0.15, 0.2) is 0 Å². The maximum absolute atomic E-state index is 9.96. The zero-order chi connectivity index (χ0) is 11.8. The molecule has 0 fully saturated rings. The minimum Gasteiger partial charge on any atom is -0.478 e. The number of carbonyl (C=O) groups is 1. The molecule has 0 unspecified atom stereocenters. The van der Waals surface area contributed by atoms with E-state index in [-0.39, 0.29) is 0 Å². The Morgan fingerprint density at radius 3 is 1.86 bits per heavy atom. The Labute approximate surface area is 82.8 Å². The number of hydrogen-bond donors (Lipinski definition) is 2. The van der Waals surface area contributed by atoms with Crippen LogP contribution in [0, 0.1) is 0 Å². The molecular weight excluding hydrogens is 208 g/mol. The van der Waals surface area contributed by atoms with Gasteiger partial charge in [0.05, 0.1) is 5.41 Å². The quantitative estimate of drug-likeness (QED) is 0.424. The zero-order valence-corrected chi connectivity index (χ0v) is 8.49. The first kappa shape index (κ1) is 15.1. The maximum atomic E-state index is 9.96. The highest BCUT2D eigenvalue weighted by atomic mass is 32.2. The van der Waals surface area contributed by atoms with Crippen molar-refractivity contribution in [2.75, 3.05) is 0 Å². The van der Waals surface area contributed by atoms with E-state index in [9.17, 15) is 13.2 Å². The van der Waals surface area contributed by atoms with Gasteiger partial charge in [0, 0.05) is 6.08 Å². The van der Waals surface area contributed by atoms with E-state index >= 15 is 0 Å². The second-order valence-electron chi connectivity index (χ2n) is 2.21. The Hall–Kier alpha value is -1.40. The van der Waals surface area contributed by atoms with Crippen LogP contribution in [-0.4, -0.2) is 24.0 Å². The van der Waals surface area contributed by atoms with Crippen LogP contribution in [0.25, 0.3) is 0 Å². The van der Waals surface area contributed by atoms with Crippen molar-refractivity contribution in [3.63, 3.8) is 0 Å². The summed E-state index contributed by atoms with van der Waals surface area (Å²) in [6.07, 6.45) is 2.05. The second-order valence-corrected chi connectivity index (χ2v) is 3.51. The number of rotatable bonds is 3. The van der Waals surface area contributed by atoms with Gasteiger partial charge in [-0.05, 0) is 13.0 Å². The van der Waals surface area contributed by atoms with Gasteiger partial charge in [-0.3, -0.25) is 4.55 Å². The third-order valence-electron chi connectivity index (χ3n) is 0.699. The van der Waals surface area contributed by atoms with E-state index in [1.165, 1.54) is 6.08 Å². The molecule has 0 saturated heterocycles. The molecule has 0 saturated carbocycles.